The van der Waals surface area contributed by atoms with Crippen molar-refractivity contribution < 1.29 is 4.74 Å². The van der Waals surface area contributed by atoms with E-state index in [1.807, 2.05) is 12.1 Å². The van der Waals surface area contributed by atoms with Gasteiger partial charge in [-0.15, -0.1) is 0 Å². The van der Waals surface area contributed by atoms with E-state index in [1.54, 1.807) is 7.11 Å². The maximum atomic E-state index is 5.42. The van der Waals surface area contributed by atoms with E-state index in [0.29, 0.717) is 0 Å². The fourth-order valence-corrected chi connectivity index (χ4v) is 1.85. The first-order valence-electron chi connectivity index (χ1n) is 4.75. The molecule has 0 amide bonds. The Balaban J connectivity index is 2.21. The molecule has 2 rings (SSSR count). The van der Waals surface area contributed by atoms with E-state index in [1.165, 1.54) is 5.56 Å². The minimum atomic E-state index is -0.0917. The van der Waals surface area contributed by atoms with Gasteiger partial charge < -0.3 is 10.1 Å². The molecule has 0 saturated heterocycles. The summed E-state index contributed by atoms with van der Waals surface area (Å²) in [5.41, 5.74) is 2.29. The predicted octanol–water partition coefficient (Wildman–Crippen LogP) is 3.31. The van der Waals surface area contributed by atoms with Crippen LogP contribution >= 0.6 is 15.9 Å². The molecule has 0 aliphatic heterocycles. The maximum Gasteiger partial charge on any atom is 0.138 e. The molecular weight excluding hydrogens is 242 g/mol. The van der Waals surface area contributed by atoms with Crippen LogP contribution in [0.25, 0.3) is 0 Å². The summed E-state index contributed by atoms with van der Waals surface area (Å²) in [7, 11) is 1.76. The van der Waals surface area contributed by atoms with Crippen molar-refractivity contribution in [2.75, 3.05) is 12.4 Å². The third-order valence-electron chi connectivity index (χ3n) is 2.73. The van der Waals surface area contributed by atoms with Crippen LogP contribution in [-0.2, 0) is 4.74 Å². The standard InChI is InChI=1S/C11H14BrNO/c1-8-9(12)4-3-5-10(8)13-11(14-2)6-7-11/h3-5,13H,6-7H2,1-2H3. The molecule has 1 aromatic rings. The van der Waals surface area contributed by atoms with Crippen molar-refractivity contribution >= 4 is 21.6 Å². The van der Waals surface area contributed by atoms with Gasteiger partial charge >= 0.3 is 0 Å². The van der Waals surface area contributed by atoms with Gasteiger partial charge in [-0.25, -0.2) is 0 Å². The first kappa shape index (κ1) is 9.99. The van der Waals surface area contributed by atoms with Crippen LogP contribution in [0.15, 0.2) is 22.7 Å². The Bertz CT molecular complexity index is 347. The Kier molecular flexibility index (Phi) is 2.54. The van der Waals surface area contributed by atoms with Gasteiger partial charge in [-0.3, -0.25) is 0 Å². The summed E-state index contributed by atoms with van der Waals surface area (Å²) in [6, 6.07) is 6.16. The second-order valence-corrected chi connectivity index (χ2v) is 4.59. The largest absolute Gasteiger partial charge is 0.359 e. The zero-order valence-electron chi connectivity index (χ0n) is 8.43. The second kappa shape index (κ2) is 3.55. The number of ether oxygens (including phenoxy) is 1. The van der Waals surface area contributed by atoms with Gasteiger partial charge in [0.1, 0.15) is 5.72 Å². The third kappa shape index (κ3) is 1.79. The molecule has 1 aliphatic carbocycles. The van der Waals surface area contributed by atoms with Crippen LogP contribution in [0.3, 0.4) is 0 Å². The van der Waals surface area contributed by atoms with Gasteiger partial charge in [-0.2, -0.15) is 0 Å². The van der Waals surface area contributed by atoms with Gasteiger partial charge in [0.25, 0.3) is 0 Å². The zero-order chi connectivity index (χ0) is 10.2. The number of hydrogen-bond acceptors (Lipinski definition) is 2. The summed E-state index contributed by atoms with van der Waals surface area (Å²) in [6.07, 6.45) is 2.19. The summed E-state index contributed by atoms with van der Waals surface area (Å²) < 4.78 is 6.55. The van der Waals surface area contributed by atoms with Gasteiger partial charge in [0.2, 0.25) is 0 Å². The summed E-state index contributed by atoms with van der Waals surface area (Å²) in [5.74, 6) is 0. The lowest BCUT2D eigenvalue weighted by Gasteiger charge is -2.19. The molecule has 1 fully saturated rings. The molecule has 0 atom stereocenters. The number of methoxy groups -OCH3 is 1. The molecule has 1 aliphatic rings. The van der Waals surface area contributed by atoms with Crippen LogP contribution in [-0.4, -0.2) is 12.8 Å². The van der Waals surface area contributed by atoms with Gasteiger partial charge in [0.15, 0.2) is 0 Å². The summed E-state index contributed by atoms with van der Waals surface area (Å²) in [5, 5.41) is 3.44. The minimum absolute atomic E-state index is 0.0917. The average Bonchev–Trinajstić information content (AvgIpc) is 2.94. The minimum Gasteiger partial charge on any atom is -0.359 e. The molecule has 0 heterocycles. The van der Waals surface area contributed by atoms with Crippen LogP contribution in [0, 0.1) is 6.92 Å². The van der Waals surface area contributed by atoms with Crippen LogP contribution < -0.4 is 5.32 Å². The van der Waals surface area contributed by atoms with Crippen LogP contribution in [0.5, 0.6) is 0 Å². The molecule has 3 heteroatoms. The lowest BCUT2D eigenvalue weighted by molar-refractivity contribution is 0.104. The van der Waals surface area contributed by atoms with E-state index < -0.39 is 0 Å². The quantitative estimate of drug-likeness (QED) is 0.838. The fourth-order valence-electron chi connectivity index (χ4n) is 1.48. The molecule has 0 bridgehead atoms. The molecule has 76 valence electrons. The van der Waals surface area contributed by atoms with Crippen molar-refractivity contribution in [3.05, 3.63) is 28.2 Å². The van der Waals surface area contributed by atoms with Crippen LogP contribution in [0.2, 0.25) is 0 Å². The van der Waals surface area contributed by atoms with Crippen LogP contribution in [0.1, 0.15) is 18.4 Å². The number of rotatable bonds is 3. The number of hydrogen-bond donors (Lipinski definition) is 1. The van der Waals surface area contributed by atoms with Crippen molar-refractivity contribution in [1.82, 2.24) is 0 Å². The Morgan fingerprint density at radius 1 is 1.43 bits per heavy atom. The number of anilines is 1. The average molecular weight is 256 g/mol. The molecule has 1 N–H and O–H groups in total. The summed E-state index contributed by atoms with van der Waals surface area (Å²) in [4.78, 5) is 0. The highest BCUT2D eigenvalue weighted by atomic mass is 79.9. The van der Waals surface area contributed by atoms with E-state index in [0.717, 1.165) is 23.0 Å². The lowest BCUT2D eigenvalue weighted by Crippen LogP contribution is -2.23. The van der Waals surface area contributed by atoms with Crippen LogP contribution in [0.4, 0.5) is 5.69 Å². The summed E-state index contributed by atoms with van der Waals surface area (Å²) >= 11 is 3.52. The van der Waals surface area contributed by atoms with E-state index in [2.05, 4.69) is 34.2 Å². The summed E-state index contributed by atoms with van der Waals surface area (Å²) in [6.45, 7) is 2.10. The number of nitrogens with one attached hydrogen (secondary N) is 1. The maximum absolute atomic E-state index is 5.42. The molecule has 1 aromatic carbocycles. The van der Waals surface area contributed by atoms with Crippen molar-refractivity contribution in [2.45, 2.75) is 25.5 Å². The highest BCUT2D eigenvalue weighted by molar-refractivity contribution is 9.10. The predicted molar refractivity (Wildman–Crippen MR) is 61.5 cm³/mol. The van der Waals surface area contributed by atoms with Crippen molar-refractivity contribution in [1.29, 1.82) is 0 Å². The molecular formula is C11H14BrNO. The normalized spacial score (nSPS) is 17.9. The Hall–Kier alpha value is -0.540. The molecule has 0 unspecified atom stereocenters. The van der Waals surface area contributed by atoms with Crippen molar-refractivity contribution in [3.63, 3.8) is 0 Å². The lowest BCUT2D eigenvalue weighted by atomic mass is 10.2. The highest BCUT2D eigenvalue weighted by Crippen LogP contribution is 2.40. The Morgan fingerprint density at radius 2 is 2.14 bits per heavy atom. The number of benzene rings is 1. The van der Waals surface area contributed by atoms with E-state index in [4.69, 9.17) is 4.74 Å². The van der Waals surface area contributed by atoms with E-state index >= 15 is 0 Å². The molecule has 2 nitrogen and oxygen atoms in total. The monoisotopic (exact) mass is 255 g/mol. The molecule has 0 radical (unpaired) electrons. The molecule has 0 spiro atoms. The second-order valence-electron chi connectivity index (χ2n) is 3.74. The smallest absolute Gasteiger partial charge is 0.138 e. The first-order chi connectivity index (χ1) is 6.67. The Morgan fingerprint density at radius 3 is 2.71 bits per heavy atom. The topological polar surface area (TPSA) is 21.3 Å². The van der Waals surface area contributed by atoms with Crippen molar-refractivity contribution in [2.24, 2.45) is 0 Å². The van der Waals surface area contributed by atoms with Crippen molar-refractivity contribution in [3.8, 4) is 0 Å². The highest BCUT2D eigenvalue weighted by Gasteiger charge is 2.43. The van der Waals surface area contributed by atoms with E-state index in [-0.39, 0.29) is 5.72 Å². The first-order valence-corrected chi connectivity index (χ1v) is 5.55. The van der Waals surface area contributed by atoms with E-state index in [9.17, 15) is 0 Å². The Labute approximate surface area is 92.8 Å². The zero-order valence-corrected chi connectivity index (χ0v) is 10.0. The molecule has 14 heavy (non-hydrogen) atoms. The SMILES string of the molecule is COC1(Nc2cccc(Br)c2C)CC1. The molecule has 1 saturated carbocycles. The van der Waals surface area contributed by atoms with Gasteiger partial charge in [-0.05, 0) is 37.5 Å². The number of halogens is 1. The van der Waals surface area contributed by atoms with Gasteiger partial charge in [-0.1, -0.05) is 22.0 Å². The molecule has 0 aromatic heterocycles. The van der Waals surface area contributed by atoms with Gasteiger partial charge in [0.05, 0.1) is 0 Å². The fraction of sp³-hybridized carbons (Fsp3) is 0.455. The van der Waals surface area contributed by atoms with Gasteiger partial charge in [0, 0.05) is 17.3 Å². The third-order valence-corrected chi connectivity index (χ3v) is 3.58.